The van der Waals surface area contributed by atoms with Crippen LogP contribution in [0.4, 0.5) is 4.79 Å². The number of methoxy groups -OCH3 is 1. The Bertz CT molecular complexity index is 1190. The smallest absolute Gasteiger partial charge is 0.320 e. The van der Waals surface area contributed by atoms with Crippen molar-refractivity contribution >= 4 is 11.9 Å². The number of urea groups is 1. The van der Waals surface area contributed by atoms with Crippen LogP contribution < -0.4 is 9.47 Å². The van der Waals surface area contributed by atoms with Crippen LogP contribution in [0.5, 0.6) is 11.6 Å². The molecule has 2 unspecified atom stereocenters. The standard InChI is InChI=1S/C26H30N4O6/c1-18-20(10-11-29(18)26(32)28-12-15-34-16-13-28)22-23(33-2)25(36-17-19-7-4-3-5-8-19)30(27-22)24(31)21-9-6-14-35-21/h3-9,14,18,20H,10-13,15-17H2,1-2H3. The number of benzene rings is 1. The number of hydrogen-bond donors (Lipinski definition) is 0. The number of morpholine rings is 1. The number of carbonyl (C=O) groups excluding carboxylic acids is 2. The van der Waals surface area contributed by atoms with Gasteiger partial charge in [0.25, 0.3) is 5.88 Å². The van der Waals surface area contributed by atoms with Crippen molar-refractivity contribution in [3.8, 4) is 11.6 Å². The first-order chi connectivity index (χ1) is 17.6. The molecule has 2 aliphatic rings. The Morgan fingerprint density at radius 1 is 1.08 bits per heavy atom. The average molecular weight is 495 g/mol. The maximum atomic E-state index is 13.3. The minimum atomic E-state index is -0.459. The van der Waals surface area contributed by atoms with Crippen LogP contribution in [0, 0.1) is 0 Å². The molecule has 0 spiro atoms. The van der Waals surface area contributed by atoms with Gasteiger partial charge in [-0.2, -0.15) is 9.78 Å². The zero-order valence-corrected chi connectivity index (χ0v) is 20.5. The molecule has 0 aliphatic carbocycles. The van der Waals surface area contributed by atoms with Crippen LogP contribution in [0.25, 0.3) is 0 Å². The third-order valence-electron chi connectivity index (χ3n) is 6.81. The number of likely N-dealkylation sites (tertiary alicyclic amines) is 1. The van der Waals surface area contributed by atoms with Crippen LogP contribution >= 0.6 is 0 Å². The number of rotatable bonds is 6. The molecule has 4 heterocycles. The van der Waals surface area contributed by atoms with Crippen molar-refractivity contribution in [3.05, 3.63) is 65.7 Å². The van der Waals surface area contributed by atoms with Crippen molar-refractivity contribution in [1.29, 1.82) is 0 Å². The summed E-state index contributed by atoms with van der Waals surface area (Å²) < 4.78 is 23.8. The Morgan fingerprint density at radius 2 is 1.86 bits per heavy atom. The van der Waals surface area contributed by atoms with Gasteiger partial charge >= 0.3 is 11.9 Å². The molecule has 2 aromatic heterocycles. The van der Waals surface area contributed by atoms with Crippen LogP contribution in [0.3, 0.4) is 0 Å². The average Bonchev–Trinajstić information content (AvgIpc) is 3.66. The third-order valence-corrected chi connectivity index (χ3v) is 6.81. The molecule has 2 aliphatic heterocycles. The van der Waals surface area contributed by atoms with Gasteiger partial charge in [-0.05, 0) is 31.0 Å². The van der Waals surface area contributed by atoms with E-state index >= 15 is 0 Å². The second-order valence-corrected chi connectivity index (χ2v) is 8.90. The van der Waals surface area contributed by atoms with Gasteiger partial charge in [-0.25, -0.2) is 4.79 Å². The van der Waals surface area contributed by atoms with Crippen LogP contribution in [0.15, 0.2) is 53.1 Å². The molecule has 2 amide bonds. The van der Waals surface area contributed by atoms with Gasteiger partial charge in [0, 0.05) is 31.6 Å². The lowest BCUT2D eigenvalue weighted by Crippen LogP contribution is -2.49. The molecule has 36 heavy (non-hydrogen) atoms. The molecular formula is C26H30N4O6. The molecule has 0 saturated carbocycles. The highest BCUT2D eigenvalue weighted by Gasteiger charge is 2.41. The van der Waals surface area contributed by atoms with E-state index < -0.39 is 5.91 Å². The fourth-order valence-electron chi connectivity index (χ4n) is 4.85. The topological polar surface area (TPSA) is 99.3 Å². The highest BCUT2D eigenvalue weighted by atomic mass is 16.5. The van der Waals surface area contributed by atoms with Crippen LogP contribution in [0.1, 0.15) is 41.1 Å². The minimum Gasteiger partial charge on any atom is -0.490 e. The Balaban J connectivity index is 1.45. The summed E-state index contributed by atoms with van der Waals surface area (Å²) >= 11 is 0. The SMILES string of the molecule is COc1c(C2CCN(C(=O)N3CCOCC3)C2C)nn(C(=O)c2ccco2)c1OCc1ccccc1. The second kappa shape index (κ2) is 10.4. The summed E-state index contributed by atoms with van der Waals surface area (Å²) in [5, 5.41) is 4.67. The highest BCUT2D eigenvalue weighted by molar-refractivity contribution is 5.94. The summed E-state index contributed by atoms with van der Waals surface area (Å²) in [5.41, 5.74) is 1.53. The van der Waals surface area contributed by atoms with Gasteiger partial charge < -0.3 is 28.4 Å². The first kappa shape index (κ1) is 23.9. The lowest BCUT2D eigenvalue weighted by atomic mass is 9.97. The van der Waals surface area contributed by atoms with E-state index in [2.05, 4.69) is 5.10 Å². The van der Waals surface area contributed by atoms with E-state index in [0.717, 1.165) is 5.56 Å². The largest absolute Gasteiger partial charge is 0.490 e. The monoisotopic (exact) mass is 494 g/mol. The minimum absolute atomic E-state index is 0.00101. The lowest BCUT2D eigenvalue weighted by Gasteiger charge is -2.33. The molecule has 0 N–H and O–H groups in total. The predicted molar refractivity (Wildman–Crippen MR) is 129 cm³/mol. The van der Waals surface area contributed by atoms with Crippen molar-refractivity contribution in [2.45, 2.75) is 31.9 Å². The van der Waals surface area contributed by atoms with E-state index in [0.29, 0.717) is 50.7 Å². The third kappa shape index (κ3) is 4.56. The van der Waals surface area contributed by atoms with Gasteiger partial charge in [0.05, 0.1) is 26.6 Å². The summed E-state index contributed by atoms with van der Waals surface area (Å²) in [7, 11) is 1.54. The first-order valence-electron chi connectivity index (χ1n) is 12.1. The van der Waals surface area contributed by atoms with Gasteiger partial charge in [0.1, 0.15) is 12.3 Å². The van der Waals surface area contributed by atoms with E-state index in [-0.39, 0.29) is 36.2 Å². The molecule has 0 radical (unpaired) electrons. The number of carbonyl (C=O) groups is 2. The normalized spacial score (nSPS) is 19.9. The molecule has 2 atom stereocenters. The van der Waals surface area contributed by atoms with E-state index in [9.17, 15) is 9.59 Å². The Hall–Kier alpha value is -3.79. The van der Waals surface area contributed by atoms with Crippen molar-refractivity contribution in [3.63, 3.8) is 0 Å². The van der Waals surface area contributed by atoms with Crippen molar-refractivity contribution in [2.75, 3.05) is 40.0 Å². The number of hydrogen-bond acceptors (Lipinski definition) is 7. The summed E-state index contributed by atoms with van der Waals surface area (Å²) in [6.07, 6.45) is 2.13. The summed E-state index contributed by atoms with van der Waals surface area (Å²) in [4.78, 5) is 30.2. The summed E-state index contributed by atoms with van der Waals surface area (Å²) in [6, 6.07) is 12.7. The second-order valence-electron chi connectivity index (χ2n) is 8.90. The van der Waals surface area contributed by atoms with E-state index in [1.165, 1.54) is 18.1 Å². The van der Waals surface area contributed by atoms with Crippen LogP contribution in [0.2, 0.25) is 0 Å². The van der Waals surface area contributed by atoms with Gasteiger partial charge in [0.15, 0.2) is 5.76 Å². The fraction of sp³-hybridized carbons (Fsp3) is 0.423. The van der Waals surface area contributed by atoms with E-state index in [4.69, 9.17) is 18.6 Å². The summed E-state index contributed by atoms with van der Waals surface area (Å²) in [5.74, 6) is 0.153. The van der Waals surface area contributed by atoms with Crippen molar-refractivity contribution in [2.24, 2.45) is 0 Å². The van der Waals surface area contributed by atoms with Gasteiger partial charge in [-0.15, -0.1) is 0 Å². The molecule has 2 saturated heterocycles. The molecule has 1 aromatic carbocycles. The Labute approximate surface area is 209 Å². The molecule has 2 fully saturated rings. The number of nitrogens with zero attached hydrogens (tertiary/aromatic N) is 4. The van der Waals surface area contributed by atoms with Gasteiger partial charge in [-0.1, -0.05) is 30.3 Å². The number of ether oxygens (including phenoxy) is 3. The maximum Gasteiger partial charge on any atom is 0.320 e. The first-order valence-corrected chi connectivity index (χ1v) is 12.1. The Kier molecular flexibility index (Phi) is 6.95. The molecule has 10 heteroatoms. The fourth-order valence-corrected chi connectivity index (χ4v) is 4.85. The molecule has 5 rings (SSSR count). The lowest BCUT2D eigenvalue weighted by molar-refractivity contribution is 0.0425. The van der Waals surface area contributed by atoms with Crippen LogP contribution in [-0.2, 0) is 11.3 Å². The highest BCUT2D eigenvalue weighted by Crippen LogP contribution is 2.43. The van der Waals surface area contributed by atoms with Crippen molar-refractivity contribution < 1.29 is 28.2 Å². The molecule has 0 bridgehead atoms. The molecule has 10 nitrogen and oxygen atoms in total. The van der Waals surface area contributed by atoms with Gasteiger partial charge in [-0.3, -0.25) is 4.79 Å². The van der Waals surface area contributed by atoms with E-state index in [1.54, 1.807) is 12.1 Å². The number of furan rings is 1. The van der Waals surface area contributed by atoms with Crippen LogP contribution in [-0.4, -0.2) is 77.5 Å². The molecule has 3 aromatic rings. The zero-order chi connectivity index (χ0) is 25.1. The van der Waals surface area contributed by atoms with E-state index in [1.807, 2.05) is 47.1 Å². The number of amides is 2. The van der Waals surface area contributed by atoms with Gasteiger partial charge in [0.2, 0.25) is 5.75 Å². The number of aromatic nitrogens is 2. The predicted octanol–water partition coefficient (Wildman–Crippen LogP) is 3.38. The molecule has 190 valence electrons. The summed E-state index contributed by atoms with van der Waals surface area (Å²) in [6.45, 7) is 5.09. The quantitative estimate of drug-likeness (QED) is 0.518. The Morgan fingerprint density at radius 3 is 2.56 bits per heavy atom. The molecular weight excluding hydrogens is 464 g/mol. The maximum absolute atomic E-state index is 13.3. The zero-order valence-electron chi connectivity index (χ0n) is 20.5. The van der Waals surface area contributed by atoms with Crippen molar-refractivity contribution in [1.82, 2.24) is 19.6 Å².